The average molecular weight is 346 g/mol. The summed E-state index contributed by atoms with van der Waals surface area (Å²) >= 11 is 0. The van der Waals surface area contributed by atoms with E-state index in [0.29, 0.717) is 0 Å². The average Bonchev–Trinajstić information content (AvgIpc) is 2.47. The summed E-state index contributed by atoms with van der Waals surface area (Å²) in [7, 11) is -6.69. The van der Waals surface area contributed by atoms with Gasteiger partial charge in [0.15, 0.2) is 0 Å². The zero-order valence-electron chi connectivity index (χ0n) is 13.3. The van der Waals surface area contributed by atoms with Crippen LogP contribution < -0.4 is 0 Å². The lowest BCUT2D eigenvalue weighted by molar-refractivity contribution is 0.222. The molecule has 0 fully saturated rings. The topological polar surface area (TPSA) is 61.8 Å². The highest BCUT2D eigenvalue weighted by Crippen LogP contribution is 2.64. The predicted molar refractivity (Wildman–Crippen MR) is 90.4 cm³/mol. The van der Waals surface area contributed by atoms with Gasteiger partial charge in [-0.15, -0.1) is 0 Å². The summed E-state index contributed by atoms with van der Waals surface area (Å²) < 4.78 is 41.3. The smallest absolute Gasteiger partial charge is 0.326 e. The van der Waals surface area contributed by atoms with Crippen molar-refractivity contribution in [3.63, 3.8) is 0 Å². The van der Waals surface area contributed by atoms with Gasteiger partial charge in [0.2, 0.25) is 7.37 Å². The third-order valence-electron chi connectivity index (χ3n) is 2.66. The molecule has 124 valence electrons. The Morgan fingerprint density at radius 3 is 1.95 bits per heavy atom. The molecule has 0 aliphatic heterocycles. The molecule has 22 heavy (non-hydrogen) atoms. The molecule has 0 bridgehead atoms. The summed E-state index contributed by atoms with van der Waals surface area (Å²) in [6.45, 7) is 5.90. The van der Waals surface area contributed by atoms with E-state index in [1.54, 1.807) is 26.8 Å². The molecule has 1 aromatic rings. The van der Waals surface area contributed by atoms with Crippen LogP contribution in [0.4, 0.5) is 0 Å². The fraction of sp³-hybridized carbons (Fsp3) is 0.467. The summed E-state index contributed by atoms with van der Waals surface area (Å²) in [6, 6.07) is 9.44. The van der Waals surface area contributed by atoms with Crippen LogP contribution in [0.25, 0.3) is 6.08 Å². The Labute approximate surface area is 132 Å². The largest absolute Gasteiger partial charge is 0.340 e. The Morgan fingerprint density at radius 1 is 0.909 bits per heavy atom. The van der Waals surface area contributed by atoms with Crippen LogP contribution >= 0.6 is 15.0 Å². The van der Waals surface area contributed by atoms with Crippen molar-refractivity contribution in [2.45, 2.75) is 20.8 Å². The first kappa shape index (κ1) is 19.3. The molecule has 1 unspecified atom stereocenters. The van der Waals surface area contributed by atoms with Crippen molar-refractivity contribution in [3.8, 4) is 0 Å². The summed E-state index contributed by atoms with van der Waals surface area (Å²) in [4.78, 5) is 0. The first-order valence-corrected chi connectivity index (χ1v) is 10.9. The second-order valence-corrected chi connectivity index (χ2v) is 9.34. The van der Waals surface area contributed by atoms with Gasteiger partial charge in [0.05, 0.1) is 19.8 Å². The Balaban J connectivity index is 2.96. The molecule has 0 saturated heterocycles. The molecular weight excluding hydrogens is 322 g/mol. The van der Waals surface area contributed by atoms with E-state index in [1.165, 1.54) is 5.82 Å². The lowest BCUT2D eigenvalue weighted by Gasteiger charge is -2.21. The third kappa shape index (κ3) is 6.60. The minimum Gasteiger partial charge on any atom is -0.326 e. The Morgan fingerprint density at radius 2 is 1.45 bits per heavy atom. The van der Waals surface area contributed by atoms with Gasteiger partial charge in [-0.05, 0) is 32.4 Å². The zero-order valence-corrected chi connectivity index (χ0v) is 15.1. The van der Waals surface area contributed by atoms with E-state index >= 15 is 0 Å². The van der Waals surface area contributed by atoms with Crippen LogP contribution in [0.1, 0.15) is 26.3 Å². The normalized spacial score (nSPS) is 15.0. The summed E-state index contributed by atoms with van der Waals surface area (Å²) in [5.74, 6) is 1.23. The Bertz CT molecular complexity index is 546. The van der Waals surface area contributed by atoms with E-state index in [0.717, 1.165) is 5.56 Å². The fourth-order valence-electron chi connectivity index (χ4n) is 1.87. The van der Waals surface area contributed by atoms with Crippen molar-refractivity contribution < 1.29 is 22.7 Å². The van der Waals surface area contributed by atoms with Gasteiger partial charge in [0.1, 0.15) is 5.90 Å². The second-order valence-electron chi connectivity index (χ2n) is 4.46. The zero-order chi connectivity index (χ0) is 16.5. The molecule has 0 aliphatic carbocycles. The highest BCUT2D eigenvalue weighted by Gasteiger charge is 2.35. The molecular formula is C15H24O5P2. The predicted octanol–water partition coefficient (Wildman–Crippen LogP) is 5.20. The van der Waals surface area contributed by atoms with E-state index in [4.69, 9.17) is 13.6 Å². The van der Waals surface area contributed by atoms with Crippen LogP contribution in [0.2, 0.25) is 0 Å². The molecule has 0 saturated carbocycles. The Kier molecular flexibility index (Phi) is 8.30. The minimum absolute atomic E-state index is 0.228. The SMILES string of the molecule is CCOP(=O)(/C=C/c1ccccc1)CP(=O)(OCC)OCC. The van der Waals surface area contributed by atoms with E-state index < -0.39 is 15.0 Å². The summed E-state index contributed by atoms with van der Waals surface area (Å²) in [5, 5.41) is 0. The minimum atomic E-state index is -3.43. The maximum absolute atomic E-state index is 12.9. The van der Waals surface area contributed by atoms with E-state index in [9.17, 15) is 9.13 Å². The first-order valence-electron chi connectivity index (χ1n) is 7.32. The van der Waals surface area contributed by atoms with Crippen LogP contribution in [0.5, 0.6) is 0 Å². The van der Waals surface area contributed by atoms with Crippen molar-refractivity contribution in [1.82, 2.24) is 0 Å². The van der Waals surface area contributed by atoms with Gasteiger partial charge in [-0.25, -0.2) is 0 Å². The quantitative estimate of drug-likeness (QED) is 0.545. The molecule has 0 aromatic heterocycles. The van der Waals surface area contributed by atoms with Crippen molar-refractivity contribution >= 4 is 21.0 Å². The van der Waals surface area contributed by atoms with Crippen LogP contribution in [-0.2, 0) is 22.7 Å². The molecule has 0 amide bonds. The molecule has 0 N–H and O–H groups in total. The highest BCUT2D eigenvalue weighted by atomic mass is 31.2. The number of benzene rings is 1. The number of rotatable bonds is 10. The van der Waals surface area contributed by atoms with Crippen LogP contribution in [0.3, 0.4) is 0 Å². The molecule has 1 atom stereocenters. The molecule has 0 aliphatic rings. The maximum atomic E-state index is 12.9. The van der Waals surface area contributed by atoms with E-state index in [2.05, 4.69) is 0 Å². The first-order chi connectivity index (χ1) is 10.5. The lowest BCUT2D eigenvalue weighted by Crippen LogP contribution is -2.02. The standard InChI is InChI=1S/C15H24O5P2/c1-4-18-21(16,13-12-15-10-8-7-9-11-15)14-22(17,19-5-2)20-6-3/h7-13H,4-6,14H2,1-3H3/b13-12+. The molecule has 1 rings (SSSR count). The van der Waals surface area contributed by atoms with Crippen LogP contribution in [-0.4, -0.2) is 25.7 Å². The van der Waals surface area contributed by atoms with Crippen molar-refractivity contribution in [2.24, 2.45) is 0 Å². The van der Waals surface area contributed by atoms with E-state index in [-0.39, 0.29) is 25.7 Å². The number of hydrogen-bond donors (Lipinski definition) is 0. The molecule has 7 heteroatoms. The summed E-state index contributed by atoms with van der Waals surface area (Å²) in [5.41, 5.74) is 0.894. The molecule has 5 nitrogen and oxygen atoms in total. The molecule has 0 heterocycles. The highest BCUT2D eigenvalue weighted by molar-refractivity contribution is 7.75. The van der Waals surface area contributed by atoms with E-state index in [1.807, 2.05) is 30.3 Å². The van der Waals surface area contributed by atoms with Crippen LogP contribution in [0.15, 0.2) is 36.1 Å². The number of hydrogen-bond acceptors (Lipinski definition) is 5. The molecule has 0 spiro atoms. The lowest BCUT2D eigenvalue weighted by atomic mass is 10.2. The van der Waals surface area contributed by atoms with Gasteiger partial charge in [-0.2, -0.15) is 0 Å². The monoisotopic (exact) mass is 346 g/mol. The second kappa shape index (κ2) is 9.44. The van der Waals surface area contributed by atoms with Crippen molar-refractivity contribution in [2.75, 3.05) is 25.7 Å². The molecule has 0 radical (unpaired) electrons. The van der Waals surface area contributed by atoms with Gasteiger partial charge in [0, 0.05) is 5.82 Å². The van der Waals surface area contributed by atoms with Gasteiger partial charge in [-0.1, -0.05) is 30.3 Å². The summed E-state index contributed by atoms with van der Waals surface area (Å²) in [6.07, 6.45) is 1.71. The van der Waals surface area contributed by atoms with Gasteiger partial charge < -0.3 is 13.6 Å². The van der Waals surface area contributed by atoms with Crippen LogP contribution in [0, 0.1) is 0 Å². The third-order valence-corrected chi connectivity index (χ3v) is 8.23. The molecule has 1 aromatic carbocycles. The van der Waals surface area contributed by atoms with Crippen molar-refractivity contribution in [1.29, 1.82) is 0 Å². The maximum Gasteiger partial charge on any atom is 0.340 e. The van der Waals surface area contributed by atoms with Gasteiger partial charge in [0.25, 0.3) is 0 Å². The van der Waals surface area contributed by atoms with Crippen molar-refractivity contribution in [3.05, 3.63) is 41.7 Å². The van der Waals surface area contributed by atoms with Gasteiger partial charge in [-0.3, -0.25) is 9.13 Å². The van der Waals surface area contributed by atoms with Gasteiger partial charge >= 0.3 is 7.60 Å². The fourth-order valence-corrected chi connectivity index (χ4v) is 6.94. The Hall–Kier alpha value is -0.700.